The van der Waals surface area contributed by atoms with Gasteiger partial charge in [-0.3, -0.25) is 0 Å². The molecule has 94 valence electrons. The van der Waals surface area contributed by atoms with Crippen LogP contribution in [0.5, 0.6) is 0 Å². The van der Waals surface area contributed by atoms with Gasteiger partial charge in [0.2, 0.25) is 10.0 Å². The van der Waals surface area contributed by atoms with Gasteiger partial charge in [-0.05, 0) is 31.6 Å². The van der Waals surface area contributed by atoms with Crippen LogP contribution in [0, 0.1) is 5.92 Å². The van der Waals surface area contributed by atoms with Gasteiger partial charge in [-0.1, -0.05) is 15.9 Å². The van der Waals surface area contributed by atoms with Gasteiger partial charge in [0, 0.05) is 24.1 Å². The van der Waals surface area contributed by atoms with Gasteiger partial charge in [0.05, 0.1) is 5.75 Å². The highest BCUT2D eigenvalue weighted by Crippen LogP contribution is 2.31. The highest BCUT2D eigenvalue weighted by Gasteiger charge is 2.37. The molecule has 1 N–H and O–H groups in total. The van der Waals surface area contributed by atoms with Crippen molar-refractivity contribution in [2.45, 2.75) is 31.2 Å². The van der Waals surface area contributed by atoms with E-state index in [1.54, 1.807) is 0 Å². The van der Waals surface area contributed by atoms with E-state index in [0.717, 1.165) is 25.7 Å². The molecule has 2 fully saturated rings. The number of hydrogen-bond acceptors (Lipinski definition) is 3. The second-order valence-electron chi connectivity index (χ2n) is 4.85. The minimum absolute atomic E-state index is 0.294. The first-order valence-electron chi connectivity index (χ1n) is 5.71. The Bertz CT molecular complexity index is 334. The molecule has 6 heteroatoms. The number of ether oxygens (including phenoxy) is 1. The summed E-state index contributed by atoms with van der Waals surface area (Å²) >= 11 is 3.42. The smallest absolute Gasteiger partial charge is 0.212 e. The third-order valence-corrected chi connectivity index (χ3v) is 5.96. The van der Waals surface area contributed by atoms with Crippen LogP contribution in [0.1, 0.15) is 25.7 Å². The van der Waals surface area contributed by atoms with Crippen LogP contribution in [-0.4, -0.2) is 38.3 Å². The molecule has 0 spiro atoms. The van der Waals surface area contributed by atoms with Crippen molar-refractivity contribution in [2.75, 3.05) is 24.3 Å². The lowest BCUT2D eigenvalue weighted by atomic mass is 9.94. The molecule has 0 aromatic heterocycles. The molecule has 1 saturated carbocycles. The van der Waals surface area contributed by atoms with Crippen molar-refractivity contribution >= 4 is 26.0 Å². The van der Waals surface area contributed by atoms with E-state index in [4.69, 9.17) is 4.74 Å². The van der Waals surface area contributed by atoms with Crippen molar-refractivity contribution in [1.82, 2.24) is 4.72 Å². The maximum atomic E-state index is 11.9. The highest BCUT2D eigenvalue weighted by atomic mass is 79.9. The summed E-state index contributed by atoms with van der Waals surface area (Å²) in [7, 11) is -3.12. The predicted octanol–water partition coefficient (Wildman–Crippen LogP) is 1.26. The fourth-order valence-electron chi connectivity index (χ4n) is 1.99. The van der Waals surface area contributed by atoms with Crippen LogP contribution < -0.4 is 4.72 Å². The summed E-state index contributed by atoms with van der Waals surface area (Å²) in [5.74, 6) is 0.688. The zero-order valence-corrected chi connectivity index (χ0v) is 11.6. The molecular formula is C10H18BrNO3S. The molecule has 4 nitrogen and oxygen atoms in total. The SMILES string of the molecule is O=S(=O)(CC1CC1)NC1(CBr)CCOCC1. The van der Waals surface area contributed by atoms with Crippen molar-refractivity contribution in [2.24, 2.45) is 5.92 Å². The van der Waals surface area contributed by atoms with E-state index >= 15 is 0 Å². The average Bonchev–Trinajstić information content (AvgIpc) is 3.01. The van der Waals surface area contributed by atoms with Gasteiger partial charge in [0.25, 0.3) is 0 Å². The van der Waals surface area contributed by atoms with E-state index in [1.165, 1.54) is 0 Å². The van der Waals surface area contributed by atoms with E-state index < -0.39 is 10.0 Å². The summed E-state index contributed by atoms with van der Waals surface area (Å²) in [5.41, 5.74) is -0.327. The van der Waals surface area contributed by atoms with E-state index in [0.29, 0.717) is 30.2 Å². The van der Waals surface area contributed by atoms with Gasteiger partial charge in [-0.25, -0.2) is 13.1 Å². The van der Waals surface area contributed by atoms with Crippen LogP contribution >= 0.6 is 15.9 Å². The fourth-order valence-corrected chi connectivity index (χ4v) is 4.85. The third kappa shape index (κ3) is 3.42. The Morgan fingerprint density at radius 2 is 1.94 bits per heavy atom. The van der Waals surface area contributed by atoms with Crippen LogP contribution in [0.15, 0.2) is 0 Å². The van der Waals surface area contributed by atoms with Crippen molar-refractivity contribution in [1.29, 1.82) is 0 Å². The molecule has 0 unspecified atom stereocenters. The first kappa shape index (κ1) is 12.8. The summed E-state index contributed by atoms with van der Waals surface area (Å²) in [6, 6.07) is 0. The maximum Gasteiger partial charge on any atom is 0.212 e. The zero-order valence-electron chi connectivity index (χ0n) is 9.25. The molecular weight excluding hydrogens is 294 g/mol. The maximum absolute atomic E-state index is 11.9. The van der Waals surface area contributed by atoms with Crippen LogP contribution in [0.4, 0.5) is 0 Å². The molecule has 0 bridgehead atoms. The summed E-state index contributed by atoms with van der Waals surface area (Å²) in [4.78, 5) is 0. The Hall–Kier alpha value is 0.350. The van der Waals surface area contributed by atoms with Gasteiger partial charge in [-0.15, -0.1) is 0 Å². The zero-order chi connectivity index (χ0) is 11.6. The molecule has 2 aliphatic rings. The van der Waals surface area contributed by atoms with Gasteiger partial charge in [0.1, 0.15) is 0 Å². The summed E-state index contributed by atoms with van der Waals surface area (Å²) in [5, 5.41) is 0.660. The minimum atomic E-state index is -3.12. The van der Waals surface area contributed by atoms with Crippen molar-refractivity contribution in [3.63, 3.8) is 0 Å². The van der Waals surface area contributed by atoms with Crippen LogP contribution in [0.2, 0.25) is 0 Å². The second kappa shape index (κ2) is 4.92. The first-order chi connectivity index (χ1) is 7.55. The Kier molecular flexibility index (Phi) is 3.93. The van der Waals surface area contributed by atoms with E-state index in [2.05, 4.69) is 20.7 Å². The molecule has 16 heavy (non-hydrogen) atoms. The summed E-state index contributed by atoms with van der Waals surface area (Å²) in [6.07, 6.45) is 3.63. The normalized spacial score (nSPS) is 25.6. The van der Waals surface area contributed by atoms with Crippen LogP contribution in [0.25, 0.3) is 0 Å². The fraction of sp³-hybridized carbons (Fsp3) is 1.00. The molecule has 1 aliphatic carbocycles. The minimum Gasteiger partial charge on any atom is -0.381 e. The average molecular weight is 312 g/mol. The van der Waals surface area contributed by atoms with E-state index in [-0.39, 0.29) is 5.54 Å². The highest BCUT2D eigenvalue weighted by molar-refractivity contribution is 9.09. The first-order valence-corrected chi connectivity index (χ1v) is 8.48. The van der Waals surface area contributed by atoms with Crippen molar-refractivity contribution in [3.05, 3.63) is 0 Å². The lowest BCUT2D eigenvalue weighted by molar-refractivity contribution is 0.0557. The predicted molar refractivity (Wildman–Crippen MR) is 66.2 cm³/mol. The Morgan fingerprint density at radius 3 is 2.44 bits per heavy atom. The number of hydrogen-bond donors (Lipinski definition) is 1. The lowest BCUT2D eigenvalue weighted by Crippen LogP contribution is -2.53. The van der Waals surface area contributed by atoms with Gasteiger partial charge >= 0.3 is 0 Å². The molecule has 1 aliphatic heterocycles. The number of sulfonamides is 1. The molecule has 0 amide bonds. The number of halogens is 1. The number of rotatable bonds is 5. The van der Waals surface area contributed by atoms with Gasteiger partial charge in [0.15, 0.2) is 0 Å². The standard InChI is InChI=1S/C10H18BrNO3S/c11-8-10(3-5-15-6-4-10)12-16(13,14)7-9-1-2-9/h9,12H,1-8H2. The quantitative estimate of drug-likeness (QED) is 0.778. The van der Waals surface area contributed by atoms with Gasteiger partial charge in [-0.2, -0.15) is 0 Å². The largest absolute Gasteiger partial charge is 0.381 e. The monoisotopic (exact) mass is 311 g/mol. The van der Waals surface area contributed by atoms with Crippen LogP contribution in [-0.2, 0) is 14.8 Å². The molecule has 2 rings (SSSR count). The van der Waals surface area contributed by atoms with Crippen molar-refractivity contribution in [3.8, 4) is 0 Å². The van der Waals surface area contributed by atoms with Crippen LogP contribution in [0.3, 0.4) is 0 Å². The van der Waals surface area contributed by atoms with Crippen molar-refractivity contribution < 1.29 is 13.2 Å². The Labute approximate surface area is 105 Å². The second-order valence-corrected chi connectivity index (χ2v) is 7.18. The van der Waals surface area contributed by atoms with E-state index in [9.17, 15) is 8.42 Å². The molecule has 1 heterocycles. The molecule has 0 aromatic rings. The number of alkyl halides is 1. The van der Waals surface area contributed by atoms with Gasteiger partial charge < -0.3 is 4.74 Å². The lowest BCUT2D eigenvalue weighted by Gasteiger charge is -2.36. The number of nitrogens with one attached hydrogen (secondary N) is 1. The van der Waals surface area contributed by atoms with E-state index in [1.807, 2.05) is 0 Å². The molecule has 0 radical (unpaired) electrons. The third-order valence-electron chi connectivity index (χ3n) is 3.23. The Morgan fingerprint density at radius 1 is 1.31 bits per heavy atom. The molecule has 1 saturated heterocycles. The summed E-state index contributed by atoms with van der Waals surface area (Å²) in [6.45, 7) is 1.27. The molecule has 0 atom stereocenters. The Balaban J connectivity index is 1.98. The molecule has 0 aromatic carbocycles. The topological polar surface area (TPSA) is 55.4 Å². The summed E-state index contributed by atoms with van der Waals surface area (Å²) < 4.78 is 32.0.